The molecule has 0 bridgehead atoms. The number of rotatable bonds is 5. The van der Waals surface area contributed by atoms with Crippen molar-refractivity contribution in [2.75, 3.05) is 7.11 Å². The zero-order valence-corrected chi connectivity index (χ0v) is 12.4. The lowest BCUT2D eigenvalue weighted by Crippen LogP contribution is -2.47. The number of carbonyl (C=O) groups excluding carboxylic acids is 1. The fourth-order valence-electron chi connectivity index (χ4n) is 2.96. The third-order valence-electron chi connectivity index (χ3n) is 4.10. The number of methoxy groups -OCH3 is 1. The summed E-state index contributed by atoms with van der Waals surface area (Å²) in [6, 6.07) is 5.25. The molecule has 0 spiro atoms. The summed E-state index contributed by atoms with van der Waals surface area (Å²) < 4.78 is 5.22. The molecule has 1 aromatic carbocycles. The summed E-state index contributed by atoms with van der Waals surface area (Å²) in [4.78, 5) is 23.5. The standard InChI is InChI=1S/C16H21NO4/c1-11-5-6-12(9-13(11)21-2)15(20)17-16(10-14(18)19)7-3-4-8-16/h5-6,9H,3-4,7-8,10H2,1-2H3,(H,17,20)(H,18,19). The summed E-state index contributed by atoms with van der Waals surface area (Å²) in [5.41, 5.74) is 0.838. The largest absolute Gasteiger partial charge is 0.496 e. The molecule has 1 fully saturated rings. The van der Waals surface area contributed by atoms with Crippen LogP contribution in [-0.2, 0) is 4.79 Å². The normalized spacial score (nSPS) is 16.5. The third-order valence-corrected chi connectivity index (χ3v) is 4.10. The van der Waals surface area contributed by atoms with Crippen molar-refractivity contribution in [1.29, 1.82) is 0 Å². The van der Waals surface area contributed by atoms with Gasteiger partial charge in [-0.2, -0.15) is 0 Å². The maximum absolute atomic E-state index is 12.4. The molecule has 0 atom stereocenters. The highest BCUT2D eigenvalue weighted by Gasteiger charge is 2.37. The van der Waals surface area contributed by atoms with Crippen LogP contribution in [-0.4, -0.2) is 29.6 Å². The number of carbonyl (C=O) groups is 2. The second kappa shape index (κ2) is 6.16. The van der Waals surface area contributed by atoms with Gasteiger partial charge in [0.15, 0.2) is 0 Å². The first-order valence-electron chi connectivity index (χ1n) is 7.15. The van der Waals surface area contributed by atoms with E-state index in [9.17, 15) is 9.59 Å². The molecule has 5 nitrogen and oxygen atoms in total. The molecule has 0 aromatic heterocycles. The molecular formula is C16H21NO4. The van der Waals surface area contributed by atoms with Gasteiger partial charge in [0.1, 0.15) is 5.75 Å². The number of aryl methyl sites for hydroxylation is 1. The maximum atomic E-state index is 12.4. The molecule has 1 amide bonds. The topological polar surface area (TPSA) is 75.6 Å². The fourth-order valence-corrected chi connectivity index (χ4v) is 2.96. The molecule has 1 aliphatic rings. The van der Waals surface area contributed by atoms with Crippen molar-refractivity contribution in [3.05, 3.63) is 29.3 Å². The molecule has 0 saturated heterocycles. The van der Waals surface area contributed by atoms with Gasteiger partial charge in [-0.05, 0) is 37.5 Å². The Labute approximate surface area is 124 Å². The van der Waals surface area contributed by atoms with Crippen molar-refractivity contribution < 1.29 is 19.4 Å². The number of hydrogen-bond acceptors (Lipinski definition) is 3. The molecule has 0 radical (unpaired) electrons. The van der Waals surface area contributed by atoms with Crippen molar-refractivity contribution in [1.82, 2.24) is 5.32 Å². The zero-order valence-electron chi connectivity index (χ0n) is 12.4. The van der Waals surface area contributed by atoms with Crippen molar-refractivity contribution in [2.45, 2.75) is 44.6 Å². The SMILES string of the molecule is COc1cc(C(=O)NC2(CC(=O)O)CCCC2)ccc1C. The van der Waals surface area contributed by atoms with Crippen LogP contribution in [0.15, 0.2) is 18.2 Å². The van der Waals surface area contributed by atoms with Gasteiger partial charge >= 0.3 is 5.97 Å². The average Bonchev–Trinajstić information content (AvgIpc) is 2.86. The van der Waals surface area contributed by atoms with E-state index in [4.69, 9.17) is 9.84 Å². The minimum Gasteiger partial charge on any atom is -0.496 e. The Balaban J connectivity index is 2.17. The molecule has 1 saturated carbocycles. The first-order chi connectivity index (χ1) is 9.96. The Morgan fingerprint density at radius 1 is 1.33 bits per heavy atom. The van der Waals surface area contributed by atoms with Crippen LogP contribution in [0.1, 0.15) is 48.0 Å². The van der Waals surface area contributed by atoms with Gasteiger partial charge in [-0.25, -0.2) is 0 Å². The van der Waals surface area contributed by atoms with Crippen LogP contribution in [0.5, 0.6) is 5.75 Å². The van der Waals surface area contributed by atoms with E-state index in [0.29, 0.717) is 24.2 Å². The summed E-state index contributed by atoms with van der Waals surface area (Å²) in [7, 11) is 1.56. The summed E-state index contributed by atoms with van der Waals surface area (Å²) in [5, 5.41) is 12.0. The summed E-state index contributed by atoms with van der Waals surface area (Å²) in [6.07, 6.45) is 3.30. The van der Waals surface area contributed by atoms with E-state index >= 15 is 0 Å². The van der Waals surface area contributed by atoms with Crippen molar-refractivity contribution in [3.63, 3.8) is 0 Å². The molecule has 21 heavy (non-hydrogen) atoms. The lowest BCUT2D eigenvalue weighted by molar-refractivity contribution is -0.138. The lowest BCUT2D eigenvalue weighted by atomic mass is 9.92. The number of nitrogens with one attached hydrogen (secondary N) is 1. The zero-order chi connectivity index (χ0) is 15.5. The lowest BCUT2D eigenvalue weighted by Gasteiger charge is -2.28. The quantitative estimate of drug-likeness (QED) is 0.874. The fraction of sp³-hybridized carbons (Fsp3) is 0.500. The molecule has 0 unspecified atom stereocenters. The van der Waals surface area contributed by atoms with Crippen molar-refractivity contribution >= 4 is 11.9 Å². The monoisotopic (exact) mass is 291 g/mol. The van der Waals surface area contributed by atoms with Crippen molar-refractivity contribution in [2.24, 2.45) is 0 Å². The van der Waals surface area contributed by atoms with Crippen molar-refractivity contribution in [3.8, 4) is 5.75 Å². The molecular weight excluding hydrogens is 270 g/mol. The predicted octanol–water partition coefficient (Wildman–Crippen LogP) is 2.52. The highest BCUT2D eigenvalue weighted by molar-refractivity contribution is 5.95. The van der Waals surface area contributed by atoms with Gasteiger partial charge in [0.25, 0.3) is 5.91 Å². The minimum atomic E-state index is -0.876. The van der Waals surface area contributed by atoms with Gasteiger partial charge in [0.05, 0.1) is 19.1 Å². The van der Waals surface area contributed by atoms with E-state index in [0.717, 1.165) is 18.4 Å². The van der Waals surface area contributed by atoms with Crippen LogP contribution in [0.4, 0.5) is 0 Å². The summed E-state index contributed by atoms with van der Waals surface area (Å²) in [6.45, 7) is 1.91. The Kier molecular flexibility index (Phi) is 4.50. The third kappa shape index (κ3) is 3.54. The highest BCUT2D eigenvalue weighted by atomic mass is 16.5. The van der Waals surface area contributed by atoms with Gasteiger partial charge in [-0.1, -0.05) is 18.9 Å². The van der Waals surface area contributed by atoms with E-state index < -0.39 is 11.5 Å². The predicted molar refractivity (Wildman–Crippen MR) is 78.6 cm³/mol. The number of carboxylic acid groups (broad SMARTS) is 1. The highest BCUT2D eigenvalue weighted by Crippen LogP contribution is 2.33. The number of ether oxygens (including phenoxy) is 1. The average molecular weight is 291 g/mol. The Hall–Kier alpha value is -2.04. The van der Waals surface area contributed by atoms with Crippen LogP contribution in [0.3, 0.4) is 0 Å². The van der Waals surface area contributed by atoms with Crippen LogP contribution in [0, 0.1) is 6.92 Å². The molecule has 0 aliphatic heterocycles. The Morgan fingerprint density at radius 3 is 2.57 bits per heavy atom. The first-order valence-corrected chi connectivity index (χ1v) is 7.15. The molecule has 5 heteroatoms. The van der Waals surface area contributed by atoms with Crippen LogP contribution in [0.25, 0.3) is 0 Å². The van der Waals surface area contributed by atoms with Gasteiger partial charge in [0.2, 0.25) is 0 Å². The molecule has 2 rings (SSSR count). The maximum Gasteiger partial charge on any atom is 0.305 e. The smallest absolute Gasteiger partial charge is 0.305 e. The van der Waals surface area contributed by atoms with E-state index in [1.165, 1.54) is 0 Å². The van der Waals surface area contributed by atoms with Gasteiger partial charge < -0.3 is 15.2 Å². The minimum absolute atomic E-state index is 0.0261. The summed E-state index contributed by atoms with van der Waals surface area (Å²) in [5.74, 6) is -0.462. The number of amides is 1. The Morgan fingerprint density at radius 2 is 2.00 bits per heavy atom. The van der Waals surface area contributed by atoms with Gasteiger partial charge in [-0.3, -0.25) is 9.59 Å². The molecule has 1 aliphatic carbocycles. The number of hydrogen-bond donors (Lipinski definition) is 2. The number of aliphatic carboxylic acids is 1. The van der Waals surface area contributed by atoms with Crippen LogP contribution in [0.2, 0.25) is 0 Å². The van der Waals surface area contributed by atoms with E-state index in [2.05, 4.69) is 5.32 Å². The first kappa shape index (κ1) is 15.4. The Bertz CT molecular complexity index is 547. The molecule has 2 N–H and O–H groups in total. The van der Waals surface area contributed by atoms with Crippen LogP contribution >= 0.6 is 0 Å². The van der Waals surface area contributed by atoms with E-state index in [1.54, 1.807) is 19.2 Å². The number of carboxylic acids is 1. The second-order valence-electron chi connectivity index (χ2n) is 5.70. The van der Waals surface area contributed by atoms with Crippen LogP contribution < -0.4 is 10.1 Å². The molecule has 114 valence electrons. The van der Waals surface area contributed by atoms with Gasteiger partial charge in [-0.15, -0.1) is 0 Å². The van der Waals surface area contributed by atoms with E-state index in [1.807, 2.05) is 13.0 Å². The molecule has 0 heterocycles. The second-order valence-corrected chi connectivity index (χ2v) is 5.70. The van der Waals surface area contributed by atoms with E-state index in [-0.39, 0.29) is 12.3 Å². The summed E-state index contributed by atoms with van der Waals surface area (Å²) >= 11 is 0. The van der Waals surface area contributed by atoms with Gasteiger partial charge in [0, 0.05) is 5.56 Å². The number of benzene rings is 1. The molecule has 1 aromatic rings.